The number of rotatable bonds is 4. The maximum absolute atomic E-state index is 9.51. The molecule has 2 heteroatoms. The second-order valence-electron chi connectivity index (χ2n) is 5.76. The molecule has 1 heterocycles. The first kappa shape index (κ1) is 14.6. The molecule has 0 spiro atoms. The van der Waals surface area contributed by atoms with Gasteiger partial charge in [0.05, 0.1) is 6.07 Å². The lowest BCUT2D eigenvalue weighted by atomic mass is 9.76. The summed E-state index contributed by atoms with van der Waals surface area (Å²) in [4.78, 5) is 2.26. The van der Waals surface area contributed by atoms with Gasteiger partial charge in [-0.15, -0.1) is 0 Å². The summed E-state index contributed by atoms with van der Waals surface area (Å²) in [5, 5.41) is 9.51. The van der Waals surface area contributed by atoms with Gasteiger partial charge >= 0.3 is 0 Å². The Hall–Kier alpha value is -2.37. The van der Waals surface area contributed by atoms with E-state index in [0.717, 1.165) is 6.54 Å². The molecule has 0 bridgehead atoms. The van der Waals surface area contributed by atoms with E-state index in [0.29, 0.717) is 12.0 Å². The molecule has 0 aromatic heterocycles. The number of nitrogens with zero attached hydrogens (tertiary/aromatic N) is 2. The minimum Gasteiger partial charge on any atom is -0.280 e. The summed E-state index contributed by atoms with van der Waals surface area (Å²) in [6.07, 6.45) is 4.27. The summed E-state index contributed by atoms with van der Waals surface area (Å²) in [7, 11) is 0. The van der Waals surface area contributed by atoms with Crippen molar-refractivity contribution in [2.75, 3.05) is 6.54 Å². The Bertz CT molecular complexity index is 670. The molecular formula is C20H20N2. The van der Waals surface area contributed by atoms with Gasteiger partial charge in [0.1, 0.15) is 6.04 Å². The first-order chi connectivity index (χ1) is 10.8. The molecule has 1 aliphatic rings. The van der Waals surface area contributed by atoms with Gasteiger partial charge in [0.2, 0.25) is 0 Å². The quantitative estimate of drug-likeness (QED) is 0.847. The number of benzene rings is 2. The molecule has 2 nitrogen and oxygen atoms in total. The van der Waals surface area contributed by atoms with Crippen molar-refractivity contribution in [3.8, 4) is 6.07 Å². The van der Waals surface area contributed by atoms with E-state index in [1.54, 1.807) is 0 Å². The molecule has 0 N–H and O–H groups in total. The monoisotopic (exact) mass is 288 g/mol. The summed E-state index contributed by atoms with van der Waals surface area (Å²) in [6, 6.07) is 23.5. The Morgan fingerprint density at radius 2 is 1.68 bits per heavy atom. The Morgan fingerprint density at radius 3 is 2.32 bits per heavy atom. The van der Waals surface area contributed by atoms with Crippen molar-refractivity contribution in [1.82, 2.24) is 4.90 Å². The first-order valence-electron chi connectivity index (χ1n) is 7.73. The van der Waals surface area contributed by atoms with Crippen molar-refractivity contribution in [2.45, 2.75) is 24.9 Å². The van der Waals surface area contributed by atoms with Crippen LogP contribution in [-0.2, 0) is 0 Å². The zero-order chi connectivity index (χ0) is 15.4. The molecule has 0 unspecified atom stereocenters. The van der Waals surface area contributed by atoms with Crippen molar-refractivity contribution in [2.24, 2.45) is 0 Å². The normalized spacial score (nSPS) is 24.8. The summed E-state index contributed by atoms with van der Waals surface area (Å²) in [6.45, 7) is 3.03. The van der Waals surface area contributed by atoms with Crippen LogP contribution in [0, 0.1) is 11.3 Å². The van der Waals surface area contributed by atoms with Crippen LogP contribution in [0.15, 0.2) is 66.7 Å². The van der Waals surface area contributed by atoms with Crippen molar-refractivity contribution in [1.29, 1.82) is 5.26 Å². The fourth-order valence-corrected chi connectivity index (χ4v) is 3.27. The van der Waals surface area contributed by atoms with Gasteiger partial charge in [-0.1, -0.05) is 72.8 Å². The number of hydrogen-bond acceptors (Lipinski definition) is 2. The predicted octanol–water partition coefficient (Wildman–Crippen LogP) is 4.08. The second-order valence-corrected chi connectivity index (χ2v) is 5.76. The van der Waals surface area contributed by atoms with Crippen LogP contribution < -0.4 is 0 Å². The van der Waals surface area contributed by atoms with E-state index < -0.39 is 0 Å². The third kappa shape index (κ3) is 2.81. The molecule has 0 amide bonds. The topological polar surface area (TPSA) is 27.0 Å². The van der Waals surface area contributed by atoms with Crippen LogP contribution in [0.3, 0.4) is 0 Å². The molecule has 3 atom stereocenters. The summed E-state index contributed by atoms with van der Waals surface area (Å²) in [5.41, 5.74) is 2.47. The van der Waals surface area contributed by atoms with Gasteiger partial charge in [0.25, 0.3) is 0 Å². The van der Waals surface area contributed by atoms with Crippen LogP contribution in [-0.4, -0.2) is 23.5 Å². The molecule has 2 aromatic carbocycles. The zero-order valence-electron chi connectivity index (χ0n) is 12.8. The molecule has 0 aliphatic carbocycles. The van der Waals surface area contributed by atoms with Crippen molar-refractivity contribution >= 4 is 6.08 Å². The molecule has 1 saturated heterocycles. The van der Waals surface area contributed by atoms with E-state index in [2.05, 4.69) is 66.4 Å². The molecule has 1 aliphatic heterocycles. The van der Waals surface area contributed by atoms with Gasteiger partial charge in [-0.05, 0) is 18.1 Å². The second kappa shape index (κ2) is 6.60. The average molecular weight is 288 g/mol. The molecule has 22 heavy (non-hydrogen) atoms. The Balaban J connectivity index is 1.66. The maximum Gasteiger partial charge on any atom is 0.107 e. The Morgan fingerprint density at radius 1 is 1.05 bits per heavy atom. The lowest BCUT2D eigenvalue weighted by Gasteiger charge is -2.50. The summed E-state index contributed by atoms with van der Waals surface area (Å²) < 4.78 is 0. The number of likely N-dealkylation sites (tertiary alicyclic amines) is 1. The molecular weight excluding hydrogens is 268 g/mol. The largest absolute Gasteiger partial charge is 0.280 e. The molecule has 0 saturated carbocycles. The van der Waals surface area contributed by atoms with Gasteiger partial charge in [-0.3, -0.25) is 4.90 Å². The van der Waals surface area contributed by atoms with Gasteiger partial charge in [0.15, 0.2) is 0 Å². The fourth-order valence-electron chi connectivity index (χ4n) is 3.27. The van der Waals surface area contributed by atoms with Crippen LogP contribution in [0.1, 0.15) is 24.0 Å². The lowest BCUT2D eigenvalue weighted by molar-refractivity contribution is 0.0417. The van der Waals surface area contributed by atoms with E-state index in [9.17, 15) is 5.26 Å². The summed E-state index contributed by atoms with van der Waals surface area (Å²) in [5.74, 6) is 0.316. The van der Waals surface area contributed by atoms with Crippen LogP contribution in [0.2, 0.25) is 0 Å². The van der Waals surface area contributed by atoms with E-state index in [1.807, 2.05) is 24.3 Å². The lowest BCUT2D eigenvalue weighted by Crippen LogP contribution is -2.60. The van der Waals surface area contributed by atoms with Gasteiger partial charge in [-0.2, -0.15) is 5.26 Å². The fraction of sp³-hybridized carbons (Fsp3) is 0.250. The molecule has 3 rings (SSSR count). The molecule has 110 valence electrons. The Kier molecular flexibility index (Phi) is 4.37. The van der Waals surface area contributed by atoms with Crippen LogP contribution in [0.25, 0.3) is 6.08 Å². The van der Waals surface area contributed by atoms with Gasteiger partial charge in [0, 0.05) is 18.5 Å². The number of hydrogen-bond donors (Lipinski definition) is 0. The highest BCUT2D eigenvalue weighted by Gasteiger charge is 2.45. The highest BCUT2D eigenvalue weighted by molar-refractivity contribution is 5.49. The van der Waals surface area contributed by atoms with E-state index in [1.165, 1.54) is 11.1 Å². The highest BCUT2D eigenvalue weighted by Crippen LogP contribution is 2.39. The third-order valence-electron chi connectivity index (χ3n) is 4.48. The SMILES string of the molecule is C[C@H]1[C@H](c2ccccc2)[C@@H](C#N)N1C/C=C/c1ccccc1. The van der Waals surface area contributed by atoms with Crippen LogP contribution >= 0.6 is 0 Å². The van der Waals surface area contributed by atoms with Crippen molar-refractivity contribution < 1.29 is 0 Å². The minimum atomic E-state index is -0.0298. The van der Waals surface area contributed by atoms with Gasteiger partial charge in [-0.25, -0.2) is 0 Å². The van der Waals surface area contributed by atoms with Crippen LogP contribution in [0.4, 0.5) is 0 Å². The highest BCUT2D eigenvalue weighted by atomic mass is 15.3. The van der Waals surface area contributed by atoms with E-state index >= 15 is 0 Å². The standard InChI is InChI=1S/C20H20N2/c1-16-20(18-12-6-3-7-13-18)19(15-21)22(16)14-8-11-17-9-4-2-5-10-17/h2-13,16,19-20H,14H2,1H3/b11-8+/t16-,19+,20+/m0/s1. The average Bonchev–Trinajstić information content (AvgIpc) is 2.58. The maximum atomic E-state index is 9.51. The molecule has 2 aromatic rings. The Labute approximate surface area is 132 Å². The zero-order valence-corrected chi connectivity index (χ0v) is 12.8. The van der Waals surface area contributed by atoms with Crippen molar-refractivity contribution in [3.05, 3.63) is 77.9 Å². The van der Waals surface area contributed by atoms with E-state index in [-0.39, 0.29) is 6.04 Å². The smallest absolute Gasteiger partial charge is 0.107 e. The molecule has 0 radical (unpaired) electrons. The first-order valence-corrected chi connectivity index (χ1v) is 7.73. The van der Waals surface area contributed by atoms with Crippen LogP contribution in [0.5, 0.6) is 0 Å². The van der Waals surface area contributed by atoms with Crippen molar-refractivity contribution in [3.63, 3.8) is 0 Å². The number of nitriles is 1. The van der Waals surface area contributed by atoms with E-state index in [4.69, 9.17) is 0 Å². The van der Waals surface area contributed by atoms with Gasteiger partial charge < -0.3 is 0 Å². The summed E-state index contributed by atoms with van der Waals surface area (Å²) >= 11 is 0. The minimum absolute atomic E-state index is 0.0298. The third-order valence-corrected chi connectivity index (χ3v) is 4.48. The predicted molar refractivity (Wildman–Crippen MR) is 90.2 cm³/mol. The molecule has 1 fully saturated rings.